The van der Waals surface area contributed by atoms with Crippen LogP contribution in [0.25, 0.3) is 11.3 Å². The maximum absolute atomic E-state index is 13.4. The second kappa shape index (κ2) is 11.6. The molecule has 13 nitrogen and oxygen atoms in total. The van der Waals surface area contributed by atoms with Crippen molar-refractivity contribution in [1.29, 1.82) is 0 Å². The van der Waals surface area contributed by atoms with Crippen molar-refractivity contribution in [3.63, 3.8) is 0 Å². The number of aliphatic carboxylic acids is 1. The maximum atomic E-state index is 13.4. The molecule has 1 fully saturated rings. The van der Waals surface area contributed by atoms with Crippen LogP contribution in [0.2, 0.25) is 0 Å². The van der Waals surface area contributed by atoms with Crippen molar-refractivity contribution >= 4 is 69.1 Å². The Morgan fingerprint density at radius 3 is 2.82 bits per heavy atom. The number of β-lactam (4-membered cyclic amide) rings is 1. The van der Waals surface area contributed by atoms with E-state index in [9.17, 15) is 19.9 Å². The van der Waals surface area contributed by atoms with Crippen LogP contribution in [0.4, 0.5) is 5.13 Å². The van der Waals surface area contributed by atoms with Crippen LogP contribution < -0.4 is 15.8 Å². The number of nitrogens with one attached hydrogen (secondary N) is 1. The number of carbonyl (C=O) groups excluding carboxylic acids is 1. The third-order valence-electron chi connectivity index (χ3n) is 5.90. The molecule has 1 saturated heterocycles. The molecule has 5 heterocycles. The van der Waals surface area contributed by atoms with E-state index in [1.54, 1.807) is 6.92 Å². The van der Waals surface area contributed by atoms with Crippen LogP contribution in [0.15, 0.2) is 50.0 Å². The number of nitrogens with two attached hydrogens (primary N) is 1. The number of nitrogens with zero attached hydrogens (tertiary/aromatic N) is 6. The number of anilines is 1. The number of thiazole rings is 1. The first-order chi connectivity index (χ1) is 18.8. The number of hydrogen-bond donors (Lipinski definition) is 4. The number of pyridine rings is 1. The van der Waals surface area contributed by atoms with Crippen LogP contribution in [-0.4, -0.2) is 70.9 Å². The minimum Gasteiger partial charge on any atom is -0.477 e. The molecule has 0 radical (unpaired) electrons. The average molecular weight is 608 g/mol. The van der Waals surface area contributed by atoms with E-state index in [2.05, 4.69) is 25.0 Å². The van der Waals surface area contributed by atoms with Gasteiger partial charge in [0.2, 0.25) is 5.91 Å². The van der Waals surface area contributed by atoms with E-state index in [4.69, 9.17) is 10.6 Å². The van der Waals surface area contributed by atoms with Gasteiger partial charge in [-0.3, -0.25) is 9.69 Å². The number of amides is 1. The van der Waals surface area contributed by atoms with Crippen molar-refractivity contribution in [2.45, 2.75) is 22.7 Å². The summed E-state index contributed by atoms with van der Waals surface area (Å²) in [6.45, 7) is 1.96. The maximum Gasteiger partial charge on any atom is 0.353 e. The first-order valence-electron chi connectivity index (χ1n) is 11.5. The zero-order chi connectivity index (χ0) is 27.7. The second-order valence-corrected chi connectivity index (χ2v) is 12.4. The van der Waals surface area contributed by atoms with Gasteiger partial charge in [0.15, 0.2) is 27.7 Å². The van der Waals surface area contributed by atoms with Crippen LogP contribution in [0.5, 0.6) is 0 Å². The first-order valence-corrected chi connectivity index (χ1v) is 15.0. The highest BCUT2D eigenvalue weighted by molar-refractivity contribution is 8.07. The SMILES string of the molecule is CCO/N=C(\c1nsc(N)n1)C(NO)[C@@H]1C(=O)N2C(C(=O)O)=C(Sc3nc(-c4cc[n+](C)cc4)cs3)CS[C@H]12. The molecule has 3 aromatic rings. The summed E-state index contributed by atoms with van der Waals surface area (Å²) in [5.74, 6) is -2.10. The lowest BCUT2D eigenvalue weighted by molar-refractivity contribution is -0.671. The molecular formula is C22H23N8O5S4+. The quantitative estimate of drug-likeness (QED) is 0.114. The summed E-state index contributed by atoms with van der Waals surface area (Å²) in [5, 5.41) is 25.7. The Morgan fingerprint density at radius 2 is 2.18 bits per heavy atom. The van der Waals surface area contributed by atoms with E-state index >= 15 is 0 Å². The predicted molar refractivity (Wildman–Crippen MR) is 147 cm³/mol. The van der Waals surface area contributed by atoms with Crippen molar-refractivity contribution in [3.8, 4) is 11.3 Å². The smallest absolute Gasteiger partial charge is 0.353 e. The number of aryl methyl sites for hydroxylation is 1. The van der Waals surface area contributed by atoms with Crippen molar-refractivity contribution in [3.05, 3.63) is 46.3 Å². The van der Waals surface area contributed by atoms with Crippen molar-refractivity contribution < 1.29 is 29.3 Å². The summed E-state index contributed by atoms with van der Waals surface area (Å²) < 4.78 is 6.73. The van der Waals surface area contributed by atoms with Gasteiger partial charge < -0.3 is 20.9 Å². The number of hydroxylamine groups is 1. The summed E-state index contributed by atoms with van der Waals surface area (Å²) in [6, 6.07) is 2.86. The summed E-state index contributed by atoms with van der Waals surface area (Å²) in [6.07, 6.45) is 3.85. The molecule has 0 spiro atoms. The van der Waals surface area contributed by atoms with Gasteiger partial charge in [-0.15, -0.1) is 23.1 Å². The molecule has 3 atom stereocenters. The fourth-order valence-corrected chi connectivity index (χ4v) is 8.12. The van der Waals surface area contributed by atoms with Gasteiger partial charge in [0.05, 0.1) is 23.0 Å². The molecule has 3 aromatic heterocycles. The Bertz CT molecular complexity index is 1460. The highest BCUT2D eigenvalue weighted by Crippen LogP contribution is 2.49. The Morgan fingerprint density at radius 1 is 1.41 bits per heavy atom. The van der Waals surface area contributed by atoms with E-state index < -0.39 is 29.2 Å². The minimum atomic E-state index is -1.22. The number of rotatable bonds is 10. The van der Waals surface area contributed by atoms with E-state index in [0.717, 1.165) is 22.8 Å². The molecule has 17 heteroatoms. The molecule has 5 N–H and O–H groups in total. The molecule has 0 saturated carbocycles. The monoisotopic (exact) mass is 607 g/mol. The van der Waals surface area contributed by atoms with E-state index in [1.807, 2.05) is 41.5 Å². The van der Waals surface area contributed by atoms with E-state index in [0.29, 0.717) is 15.0 Å². The normalized spacial score (nSPS) is 20.0. The molecule has 1 unspecified atom stereocenters. The summed E-state index contributed by atoms with van der Waals surface area (Å²) in [5.41, 5.74) is 9.60. The number of carboxylic acids is 1. The Hall–Kier alpha value is -3.09. The van der Waals surface area contributed by atoms with Gasteiger partial charge in [-0.2, -0.15) is 14.8 Å². The van der Waals surface area contributed by atoms with Crippen LogP contribution in [0, 0.1) is 5.92 Å². The van der Waals surface area contributed by atoms with Crippen molar-refractivity contribution in [2.24, 2.45) is 18.1 Å². The lowest BCUT2D eigenvalue weighted by atomic mass is 9.86. The first kappa shape index (κ1) is 27.5. The van der Waals surface area contributed by atoms with E-state index in [1.165, 1.54) is 39.8 Å². The zero-order valence-corrected chi connectivity index (χ0v) is 23.8. The molecule has 204 valence electrons. The third-order valence-corrected chi connectivity index (χ3v) is 9.95. The largest absolute Gasteiger partial charge is 0.477 e. The Balaban J connectivity index is 1.40. The van der Waals surface area contributed by atoms with Crippen molar-refractivity contribution in [2.75, 3.05) is 18.1 Å². The molecule has 0 bridgehead atoms. The number of fused-ring (bicyclic) bond motifs is 1. The van der Waals surface area contributed by atoms with Gasteiger partial charge in [-0.05, 0) is 6.92 Å². The van der Waals surface area contributed by atoms with Crippen LogP contribution in [-0.2, 0) is 21.5 Å². The van der Waals surface area contributed by atoms with Crippen LogP contribution in [0.3, 0.4) is 0 Å². The number of hydrogen-bond acceptors (Lipinski definition) is 14. The Kier molecular flexibility index (Phi) is 8.15. The number of aromatic nitrogens is 4. The predicted octanol–water partition coefficient (Wildman–Crippen LogP) is 1.78. The summed E-state index contributed by atoms with van der Waals surface area (Å²) in [4.78, 5) is 41.5. The topological polar surface area (TPSA) is 180 Å². The summed E-state index contributed by atoms with van der Waals surface area (Å²) in [7, 11) is 1.93. The molecule has 39 heavy (non-hydrogen) atoms. The molecule has 0 aromatic carbocycles. The number of nitrogen functional groups attached to an aromatic ring is 1. The fourth-order valence-electron chi connectivity index (χ4n) is 4.11. The highest BCUT2D eigenvalue weighted by atomic mass is 32.2. The van der Waals surface area contributed by atoms with Gasteiger partial charge in [-0.25, -0.2) is 14.3 Å². The molecular weight excluding hydrogens is 585 g/mol. The number of carboxylic acid groups (broad SMARTS) is 1. The average Bonchev–Trinajstić information content (AvgIpc) is 3.57. The van der Waals surface area contributed by atoms with Gasteiger partial charge in [0.25, 0.3) is 0 Å². The number of oxime groups is 1. The van der Waals surface area contributed by atoms with Crippen LogP contribution >= 0.6 is 46.4 Å². The lowest BCUT2D eigenvalue weighted by Crippen LogP contribution is -2.68. The minimum absolute atomic E-state index is 0.0931. The standard InChI is InChI=1S/C22H22N8O5S4/c1-3-35-27-15(17-25-21(23)39-28-17)14(26-34)13-18(31)30-16(20(32)33)12(9-36-19(13)30)38-22-24-11(8-37-22)10-4-6-29(2)7-5-10/h4-8,13-14,19,26,34H,3,9H2,1-2H3,(H2-,23,25,28,32,33)/p+1/b27-15-/t13-,14?,19-/m1/s1. The molecule has 1 amide bonds. The second-order valence-electron chi connectivity index (χ2n) is 8.32. The van der Waals surface area contributed by atoms with Gasteiger partial charge in [0.1, 0.15) is 25.1 Å². The van der Waals surface area contributed by atoms with Crippen LogP contribution in [0.1, 0.15) is 12.7 Å². The molecule has 0 aliphatic carbocycles. The lowest BCUT2D eigenvalue weighted by Gasteiger charge is -2.51. The molecule has 5 rings (SSSR count). The van der Waals surface area contributed by atoms with E-state index in [-0.39, 0.29) is 29.0 Å². The van der Waals surface area contributed by atoms with Crippen molar-refractivity contribution in [1.82, 2.24) is 24.7 Å². The Labute approximate surface area is 238 Å². The highest BCUT2D eigenvalue weighted by Gasteiger charge is 2.58. The van der Waals surface area contributed by atoms with Gasteiger partial charge >= 0.3 is 5.97 Å². The van der Waals surface area contributed by atoms with Gasteiger partial charge in [0, 0.05) is 45.3 Å². The van der Waals surface area contributed by atoms with Gasteiger partial charge in [-0.1, -0.05) is 16.9 Å². The number of carbonyl (C=O) groups is 2. The summed E-state index contributed by atoms with van der Waals surface area (Å²) >= 11 is 4.97. The molecule has 2 aliphatic rings. The number of thioether (sulfide) groups is 2. The fraction of sp³-hybridized carbons (Fsp3) is 0.318. The molecule has 2 aliphatic heterocycles. The third kappa shape index (κ3) is 5.37. The zero-order valence-electron chi connectivity index (χ0n) is 20.5.